The number of ether oxygens (including phenoxy) is 1. The molecule has 4 rings (SSSR count). The summed E-state index contributed by atoms with van der Waals surface area (Å²) < 4.78 is 5.29. The Morgan fingerprint density at radius 2 is 1.81 bits per heavy atom. The summed E-state index contributed by atoms with van der Waals surface area (Å²) in [5, 5.41) is 0. The quantitative estimate of drug-likeness (QED) is 0.836. The maximum absolute atomic E-state index is 5.29. The Kier molecular flexibility index (Phi) is 3.76. The van der Waals surface area contributed by atoms with Gasteiger partial charge in [-0.1, -0.05) is 18.2 Å². The van der Waals surface area contributed by atoms with Crippen molar-refractivity contribution in [1.82, 2.24) is 4.90 Å². The molecule has 2 aliphatic heterocycles. The fraction of sp³-hybridized carbons (Fsp3) is 0.684. The molecule has 0 radical (unpaired) electrons. The Morgan fingerprint density at radius 3 is 2.43 bits per heavy atom. The second-order valence-corrected chi connectivity index (χ2v) is 7.37. The lowest BCUT2D eigenvalue weighted by atomic mass is 9.86. The third-order valence-corrected chi connectivity index (χ3v) is 5.60. The van der Waals surface area contributed by atoms with Gasteiger partial charge < -0.3 is 9.64 Å². The standard InChI is InChI=1S/C19H27NO/c1-14-2-3-18(10-19(14)17-4-5-17)16-6-8-20(9-7-16)11-15-12-21-13-15/h2-3,10,15-17H,4-9,11-13H2,1H3. The van der Waals surface area contributed by atoms with Crippen LogP contribution in [0.5, 0.6) is 0 Å². The van der Waals surface area contributed by atoms with Gasteiger partial charge in [0.05, 0.1) is 13.2 Å². The molecular formula is C19H27NO. The number of aryl methyl sites for hydroxylation is 1. The first-order valence-electron chi connectivity index (χ1n) is 8.70. The Morgan fingerprint density at radius 1 is 1.05 bits per heavy atom. The van der Waals surface area contributed by atoms with Gasteiger partial charge in [0.2, 0.25) is 0 Å². The Labute approximate surface area is 128 Å². The molecule has 2 nitrogen and oxygen atoms in total. The van der Waals surface area contributed by atoms with Crippen molar-refractivity contribution in [3.63, 3.8) is 0 Å². The maximum atomic E-state index is 5.29. The zero-order valence-electron chi connectivity index (χ0n) is 13.2. The van der Waals surface area contributed by atoms with E-state index in [1.165, 1.54) is 50.9 Å². The second kappa shape index (κ2) is 5.73. The minimum Gasteiger partial charge on any atom is -0.381 e. The van der Waals surface area contributed by atoms with Gasteiger partial charge in [0.25, 0.3) is 0 Å². The van der Waals surface area contributed by atoms with E-state index in [9.17, 15) is 0 Å². The molecule has 0 amide bonds. The zero-order chi connectivity index (χ0) is 14.2. The first-order valence-corrected chi connectivity index (χ1v) is 8.70. The predicted octanol–water partition coefficient (Wildman–Crippen LogP) is 3.70. The van der Waals surface area contributed by atoms with Crippen molar-refractivity contribution < 1.29 is 4.74 Å². The first-order chi connectivity index (χ1) is 10.3. The van der Waals surface area contributed by atoms with E-state index in [1.54, 1.807) is 11.1 Å². The van der Waals surface area contributed by atoms with Crippen molar-refractivity contribution in [3.05, 3.63) is 34.9 Å². The average Bonchev–Trinajstić information content (AvgIpc) is 3.29. The van der Waals surface area contributed by atoms with Crippen LogP contribution >= 0.6 is 0 Å². The summed E-state index contributed by atoms with van der Waals surface area (Å²) in [5.74, 6) is 2.48. The van der Waals surface area contributed by atoms with Gasteiger partial charge in [0, 0.05) is 12.5 Å². The van der Waals surface area contributed by atoms with Crippen LogP contribution in [0.25, 0.3) is 0 Å². The predicted molar refractivity (Wildman–Crippen MR) is 85.9 cm³/mol. The number of likely N-dealkylation sites (tertiary alicyclic amines) is 1. The van der Waals surface area contributed by atoms with Crippen LogP contribution in [0.4, 0.5) is 0 Å². The highest BCUT2D eigenvalue weighted by atomic mass is 16.5. The highest BCUT2D eigenvalue weighted by molar-refractivity contribution is 5.37. The summed E-state index contributed by atoms with van der Waals surface area (Å²) in [6, 6.07) is 7.29. The lowest BCUT2D eigenvalue weighted by Crippen LogP contribution is -2.42. The minimum atomic E-state index is 0.789. The number of piperidine rings is 1. The number of hydrogen-bond acceptors (Lipinski definition) is 2. The van der Waals surface area contributed by atoms with E-state index < -0.39 is 0 Å². The van der Waals surface area contributed by atoms with Crippen LogP contribution in [0, 0.1) is 12.8 Å². The van der Waals surface area contributed by atoms with Gasteiger partial charge in [0.15, 0.2) is 0 Å². The van der Waals surface area contributed by atoms with E-state index in [1.807, 2.05) is 0 Å². The zero-order valence-corrected chi connectivity index (χ0v) is 13.2. The SMILES string of the molecule is Cc1ccc(C2CCN(CC3COC3)CC2)cc1C1CC1. The van der Waals surface area contributed by atoms with Crippen LogP contribution in [0.1, 0.15) is 54.2 Å². The molecule has 1 aliphatic carbocycles. The summed E-state index contributed by atoms with van der Waals surface area (Å²) in [6.45, 7) is 8.06. The highest BCUT2D eigenvalue weighted by Gasteiger charge is 2.28. The molecule has 2 heterocycles. The van der Waals surface area contributed by atoms with E-state index in [4.69, 9.17) is 4.74 Å². The molecule has 0 N–H and O–H groups in total. The summed E-state index contributed by atoms with van der Waals surface area (Å²) >= 11 is 0. The molecule has 0 spiro atoms. The van der Waals surface area contributed by atoms with Gasteiger partial charge in [0.1, 0.15) is 0 Å². The molecule has 1 aromatic rings. The highest BCUT2D eigenvalue weighted by Crippen LogP contribution is 2.43. The van der Waals surface area contributed by atoms with E-state index in [0.29, 0.717) is 0 Å². The van der Waals surface area contributed by atoms with Crippen molar-refractivity contribution in [2.24, 2.45) is 5.92 Å². The van der Waals surface area contributed by atoms with Crippen LogP contribution in [-0.4, -0.2) is 37.7 Å². The van der Waals surface area contributed by atoms with Gasteiger partial charge in [-0.3, -0.25) is 0 Å². The van der Waals surface area contributed by atoms with Crippen LogP contribution in [-0.2, 0) is 4.74 Å². The van der Waals surface area contributed by atoms with Crippen molar-refractivity contribution in [2.75, 3.05) is 32.8 Å². The van der Waals surface area contributed by atoms with Crippen molar-refractivity contribution in [2.45, 2.75) is 44.4 Å². The van der Waals surface area contributed by atoms with E-state index in [-0.39, 0.29) is 0 Å². The molecule has 2 heteroatoms. The fourth-order valence-electron chi connectivity index (χ4n) is 3.95. The summed E-state index contributed by atoms with van der Waals surface area (Å²) in [4.78, 5) is 2.65. The largest absolute Gasteiger partial charge is 0.381 e. The molecule has 114 valence electrons. The van der Waals surface area contributed by atoms with Gasteiger partial charge >= 0.3 is 0 Å². The number of hydrogen-bond donors (Lipinski definition) is 0. The molecule has 0 atom stereocenters. The summed E-state index contributed by atoms with van der Waals surface area (Å²) in [5.41, 5.74) is 4.75. The first kappa shape index (κ1) is 13.8. The van der Waals surface area contributed by atoms with Crippen molar-refractivity contribution >= 4 is 0 Å². The van der Waals surface area contributed by atoms with Crippen LogP contribution < -0.4 is 0 Å². The fourth-order valence-corrected chi connectivity index (χ4v) is 3.95. The minimum absolute atomic E-state index is 0.789. The monoisotopic (exact) mass is 285 g/mol. The van der Waals surface area contributed by atoms with E-state index >= 15 is 0 Å². The Hall–Kier alpha value is -0.860. The molecule has 1 aromatic carbocycles. The van der Waals surface area contributed by atoms with Gasteiger partial charge in [-0.05, 0) is 74.2 Å². The average molecular weight is 285 g/mol. The molecule has 0 bridgehead atoms. The summed E-state index contributed by atoms with van der Waals surface area (Å²) in [6.07, 6.45) is 5.49. The third kappa shape index (κ3) is 3.02. The number of nitrogens with zero attached hydrogens (tertiary/aromatic N) is 1. The van der Waals surface area contributed by atoms with Crippen molar-refractivity contribution in [3.8, 4) is 0 Å². The molecule has 3 fully saturated rings. The molecule has 0 unspecified atom stereocenters. The van der Waals surface area contributed by atoms with Crippen LogP contribution in [0.15, 0.2) is 18.2 Å². The van der Waals surface area contributed by atoms with Crippen molar-refractivity contribution in [1.29, 1.82) is 0 Å². The van der Waals surface area contributed by atoms with E-state index in [2.05, 4.69) is 30.0 Å². The molecular weight excluding hydrogens is 258 g/mol. The molecule has 1 saturated carbocycles. The Bertz CT molecular complexity index is 496. The molecule has 2 saturated heterocycles. The molecule has 21 heavy (non-hydrogen) atoms. The van der Waals surface area contributed by atoms with E-state index in [0.717, 1.165) is 31.0 Å². The van der Waals surface area contributed by atoms with Crippen LogP contribution in [0.3, 0.4) is 0 Å². The van der Waals surface area contributed by atoms with Gasteiger partial charge in [-0.25, -0.2) is 0 Å². The maximum Gasteiger partial charge on any atom is 0.0528 e. The Balaban J connectivity index is 1.37. The lowest BCUT2D eigenvalue weighted by molar-refractivity contribution is -0.0487. The topological polar surface area (TPSA) is 12.5 Å². The normalized spacial score (nSPS) is 25.0. The molecule has 0 aromatic heterocycles. The van der Waals surface area contributed by atoms with Gasteiger partial charge in [-0.2, -0.15) is 0 Å². The number of benzene rings is 1. The van der Waals surface area contributed by atoms with Gasteiger partial charge in [-0.15, -0.1) is 0 Å². The smallest absolute Gasteiger partial charge is 0.0528 e. The lowest BCUT2D eigenvalue weighted by Gasteiger charge is -2.37. The molecule has 3 aliphatic rings. The number of rotatable bonds is 4. The van der Waals surface area contributed by atoms with Crippen LogP contribution in [0.2, 0.25) is 0 Å². The third-order valence-electron chi connectivity index (χ3n) is 5.60. The second-order valence-electron chi connectivity index (χ2n) is 7.37. The summed E-state index contributed by atoms with van der Waals surface area (Å²) in [7, 11) is 0.